The summed E-state index contributed by atoms with van der Waals surface area (Å²) in [6.07, 6.45) is 1.94. The van der Waals surface area contributed by atoms with E-state index in [1.54, 1.807) is 0 Å². The molecule has 3 rings (SSSR count). The fourth-order valence-corrected chi connectivity index (χ4v) is 3.00. The first kappa shape index (κ1) is 19.2. The number of halogens is 2. The number of pyridine rings is 1. The summed E-state index contributed by atoms with van der Waals surface area (Å²) in [6, 6.07) is 5.94. The largest absolute Gasteiger partial charge is 0.363 e. The third kappa shape index (κ3) is 4.32. The second-order valence-electron chi connectivity index (χ2n) is 5.74. The number of ether oxygens (including phenoxy) is 1. The molecule has 2 saturated heterocycles. The number of aryl methyl sites for hydroxylation is 1. The summed E-state index contributed by atoms with van der Waals surface area (Å²) >= 11 is 0. The Hall–Kier alpha value is -0.880. The van der Waals surface area contributed by atoms with Gasteiger partial charge in [0.1, 0.15) is 6.61 Å². The summed E-state index contributed by atoms with van der Waals surface area (Å²) in [5.41, 5.74) is 1.78. The number of aromatic nitrogens is 1. The van der Waals surface area contributed by atoms with Crippen molar-refractivity contribution in [1.82, 2.24) is 15.2 Å². The van der Waals surface area contributed by atoms with E-state index < -0.39 is 0 Å². The van der Waals surface area contributed by atoms with Crippen LogP contribution in [0, 0.1) is 6.92 Å². The number of carbonyl (C=O) groups excluding carboxylic acids is 1. The fraction of sp³-hybridized carbons (Fsp3) is 0.600. The molecule has 5 nitrogen and oxygen atoms in total. The first-order valence-corrected chi connectivity index (χ1v) is 7.22. The molecule has 124 valence electrons. The molecule has 3 heterocycles. The van der Waals surface area contributed by atoms with Gasteiger partial charge in [0.25, 0.3) is 0 Å². The number of piperidine rings is 1. The van der Waals surface area contributed by atoms with Crippen LogP contribution in [0.1, 0.15) is 24.2 Å². The van der Waals surface area contributed by atoms with Gasteiger partial charge in [-0.15, -0.1) is 24.8 Å². The maximum atomic E-state index is 12.1. The fourth-order valence-electron chi connectivity index (χ4n) is 3.00. The molecule has 2 fully saturated rings. The van der Waals surface area contributed by atoms with Crippen LogP contribution in [0.3, 0.4) is 0 Å². The van der Waals surface area contributed by atoms with Gasteiger partial charge in [0, 0.05) is 5.69 Å². The molecular weight excluding hydrogens is 325 g/mol. The first-order valence-electron chi connectivity index (χ1n) is 7.22. The van der Waals surface area contributed by atoms with E-state index >= 15 is 0 Å². The molecule has 0 bridgehead atoms. The van der Waals surface area contributed by atoms with E-state index in [-0.39, 0.29) is 42.9 Å². The van der Waals surface area contributed by atoms with Crippen LogP contribution in [0.15, 0.2) is 18.2 Å². The Kier molecular flexibility index (Phi) is 7.06. The average Bonchev–Trinajstić information content (AvgIpc) is 2.44. The van der Waals surface area contributed by atoms with E-state index in [2.05, 4.69) is 10.3 Å². The van der Waals surface area contributed by atoms with Gasteiger partial charge in [-0.25, -0.2) is 0 Å². The summed E-state index contributed by atoms with van der Waals surface area (Å²) in [5, 5.41) is 3.34. The van der Waals surface area contributed by atoms with Crippen LogP contribution in [0.5, 0.6) is 0 Å². The van der Waals surface area contributed by atoms with Crippen molar-refractivity contribution in [2.45, 2.75) is 31.9 Å². The van der Waals surface area contributed by atoms with Crippen molar-refractivity contribution in [1.29, 1.82) is 0 Å². The third-order valence-corrected chi connectivity index (χ3v) is 4.15. The van der Waals surface area contributed by atoms with Gasteiger partial charge in [0.05, 0.1) is 24.4 Å². The van der Waals surface area contributed by atoms with Gasteiger partial charge < -0.3 is 15.0 Å². The molecule has 1 spiro atoms. The van der Waals surface area contributed by atoms with Gasteiger partial charge in [-0.05, 0) is 45.0 Å². The molecule has 0 radical (unpaired) electrons. The molecule has 1 amide bonds. The molecule has 0 atom stereocenters. The van der Waals surface area contributed by atoms with Crippen LogP contribution in [-0.2, 0) is 16.1 Å². The van der Waals surface area contributed by atoms with E-state index in [4.69, 9.17) is 4.74 Å². The second-order valence-corrected chi connectivity index (χ2v) is 5.74. The Labute approximate surface area is 143 Å². The predicted molar refractivity (Wildman–Crippen MR) is 89.7 cm³/mol. The molecule has 0 aromatic carbocycles. The van der Waals surface area contributed by atoms with Gasteiger partial charge in [-0.1, -0.05) is 6.07 Å². The molecule has 0 saturated carbocycles. The summed E-state index contributed by atoms with van der Waals surface area (Å²) < 4.78 is 5.86. The number of nitrogens with one attached hydrogen (secondary N) is 1. The lowest BCUT2D eigenvalue weighted by Gasteiger charge is -2.44. The van der Waals surface area contributed by atoms with Gasteiger partial charge in [0.15, 0.2) is 0 Å². The smallest absolute Gasteiger partial charge is 0.249 e. The lowest BCUT2D eigenvalue weighted by Crippen LogP contribution is -2.57. The highest BCUT2D eigenvalue weighted by Gasteiger charge is 2.40. The third-order valence-electron chi connectivity index (χ3n) is 4.15. The Morgan fingerprint density at radius 2 is 2.05 bits per heavy atom. The molecule has 7 heteroatoms. The summed E-state index contributed by atoms with van der Waals surface area (Å²) in [7, 11) is 0. The van der Waals surface area contributed by atoms with Crippen molar-refractivity contribution in [2.24, 2.45) is 0 Å². The zero-order valence-corrected chi connectivity index (χ0v) is 14.3. The molecule has 2 aliphatic rings. The minimum Gasteiger partial charge on any atom is -0.363 e. The van der Waals surface area contributed by atoms with Gasteiger partial charge >= 0.3 is 0 Å². The van der Waals surface area contributed by atoms with Crippen molar-refractivity contribution < 1.29 is 9.53 Å². The molecule has 1 aromatic heterocycles. The van der Waals surface area contributed by atoms with E-state index in [9.17, 15) is 4.79 Å². The molecule has 1 N–H and O–H groups in total. The second kappa shape index (κ2) is 8.11. The van der Waals surface area contributed by atoms with Crippen LogP contribution < -0.4 is 5.32 Å². The zero-order valence-electron chi connectivity index (χ0n) is 12.7. The van der Waals surface area contributed by atoms with Crippen LogP contribution in [0.2, 0.25) is 0 Å². The van der Waals surface area contributed by atoms with E-state index in [1.165, 1.54) is 0 Å². The normalized spacial score (nSPS) is 20.2. The quantitative estimate of drug-likeness (QED) is 0.884. The predicted octanol–water partition coefficient (Wildman–Crippen LogP) is 1.71. The number of amides is 1. The maximum absolute atomic E-state index is 12.1. The molecule has 0 unspecified atom stereocenters. The van der Waals surface area contributed by atoms with E-state index in [1.807, 2.05) is 30.0 Å². The van der Waals surface area contributed by atoms with Crippen molar-refractivity contribution >= 4 is 30.7 Å². The number of carbonyl (C=O) groups is 1. The SMILES string of the molecule is Cc1cccc(CN2CC3(CCNCC3)OCC2=O)n1.Cl.Cl. The van der Waals surface area contributed by atoms with Crippen molar-refractivity contribution in [3.05, 3.63) is 29.6 Å². The van der Waals surface area contributed by atoms with Gasteiger partial charge in [-0.2, -0.15) is 0 Å². The molecular formula is C15H23Cl2N3O2. The van der Waals surface area contributed by atoms with Crippen LogP contribution in [0.4, 0.5) is 0 Å². The number of rotatable bonds is 2. The minimum atomic E-state index is -0.150. The van der Waals surface area contributed by atoms with Gasteiger partial charge in [0.2, 0.25) is 5.91 Å². The topological polar surface area (TPSA) is 54.5 Å². The highest BCUT2D eigenvalue weighted by molar-refractivity contribution is 5.85. The number of morpholine rings is 1. The zero-order chi connectivity index (χ0) is 14.0. The average molecular weight is 348 g/mol. The summed E-state index contributed by atoms with van der Waals surface area (Å²) in [6.45, 7) is 5.36. The van der Waals surface area contributed by atoms with Crippen molar-refractivity contribution in [3.63, 3.8) is 0 Å². The lowest BCUT2D eigenvalue weighted by molar-refractivity contribution is -0.169. The highest BCUT2D eigenvalue weighted by Crippen LogP contribution is 2.28. The Balaban J connectivity index is 0.00000121. The highest BCUT2D eigenvalue weighted by atomic mass is 35.5. The Bertz CT molecular complexity index is 507. The summed E-state index contributed by atoms with van der Waals surface area (Å²) in [5.74, 6) is 0.0671. The van der Waals surface area contributed by atoms with E-state index in [0.29, 0.717) is 13.1 Å². The Morgan fingerprint density at radius 3 is 2.73 bits per heavy atom. The first-order chi connectivity index (χ1) is 9.67. The standard InChI is InChI=1S/C15H21N3O2.2ClH/c1-12-3-2-4-13(17-12)9-18-11-15(20-10-14(18)19)5-7-16-8-6-15;;/h2-4,16H,5-11H2,1H3;2*1H. The van der Waals surface area contributed by atoms with Crippen LogP contribution >= 0.6 is 24.8 Å². The minimum absolute atomic E-state index is 0. The molecule has 22 heavy (non-hydrogen) atoms. The molecule has 0 aliphatic carbocycles. The number of hydrogen-bond acceptors (Lipinski definition) is 4. The van der Waals surface area contributed by atoms with Gasteiger partial charge in [-0.3, -0.25) is 9.78 Å². The molecule has 1 aromatic rings. The van der Waals surface area contributed by atoms with E-state index in [0.717, 1.165) is 37.3 Å². The lowest BCUT2D eigenvalue weighted by atomic mass is 9.90. The Morgan fingerprint density at radius 1 is 1.32 bits per heavy atom. The number of hydrogen-bond donors (Lipinski definition) is 1. The van der Waals surface area contributed by atoms with Crippen molar-refractivity contribution in [2.75, 3.05) is 26.2 Å². The van der Waals surface area contributed by atoms with Crippen LogP contribution in [0.25, 0.3) is 0 Å². The van der Waals surface area contributed by atoms with Crippen molar-refractivity contribution in [3.8, 4) is 0 Å². The monoisotopic (exact) mass is 347 g/mol. The molecule has 2 aliphatic heterocycles. The maximum Gasteiger partial charge on any atom is 0.249 e. The van der Waals surface area contributed by atoms with Crippen LogP contribution in [-0.4, -0.2) is 47.6 Å². The summed E-state index contributed by atoms with van der Waals surface area (Å²) in [4.78, 5) is 18.5. The number of nitrogens with zero attached hydrogens (tertiary/aromatic N) is 2.